The Morgan fingerprint density at radius 2 is 1.65 bits per heavy atom. The molecule has 5 rings (SSSR count). The number of ether oxygens (including phenoxy) is 2. The summed E-state index contributed by atoms with van der Waals surface area (Å²) >= 11 is 6.24. The van der Waals surface area contributed by atoms with Crippen LogP contribution in [0.2, 0.25) is 5.02 Å². The number of hydrogen-bond donors (Lipinski definition) is 1. The summed E-state index contributed by atoms with van der Waals surface area (Å²) in [6.45, 7) is 7.84. The van der Waals surface area contributed by atoms with E-state index < -0.39 is 5.60 Å². The summed E-state index contributed by atoms with van der Waals surface area (Å²) in [6, 6.07) is 19.0. The molecular formula is C33H39ClN2O4. The summed E-state index contributed by atoms with van der Waals surface area (Å²) in [7, 11) is 3.74. The predicted molar refractivity (Wildman–Crippen MR) is 159 cm³/mol. The Labute approximate surface area is 242 Å². The van der Waals surface area contributed by atoms with Gasteiger partial charge in [-0.2, -0.15) is 0 Å². The molecular weight excluding hydrogens is 524 g/mol. The van der Waals surface area contributed by atoms with E-state index in [9.17, 15) is 9.90 Å². The topological polar surface area (TPSA) is 62.2 Å². The molecule has 40 heavy (non-hydrogen) atoms. The number of aliphatic hydroxyl groups is 1. The van der Waals surface area contributed by atoms with E-state index in [1.54, 1.807) is 7.11 Å². The van der Waals surface area contributed by atoms with Gasteiger partial charge in [-0.05, 0) is 118 Å². The number of nitrogens with zero attached hydrogens (tertiary/aromatic N) is 2. The van der Waals surface area contributed by atoms with Gasteiger partial charge in [0, 0.05) is 10.7 Å². The molecule has 3 aromatic carbocycles. The molecule has 0 aliphatic carbocycles. The molecule has 0 spiro atoms. The lowest BCUT2D eigenvalue weighted by molar-refractivity contribution is -0.118. The molecule has 1 saturated heterocycles. The third-order valence-electron chi connectivity index (χ3n) is 8.38. The van der Waals surface area contributed by atoms with Crippen LogP contribution in [0.25, 0.3) is 0 Å². The van der Waals surface area contributed by atoms with Gasteiger partial charge >= 0.3 is 0 Å². The van der Waals surface area contributed by atoms with Crippen LogP contribution in [0.1, 0.15) is 61.9 Å². The molecule has 6 nitrogen and oxygen atoms in total. The zero-order valence-corrected chi connectivity index (χ0v) is 24.7. The van der Waals surface area contributed by atoms with E-state index >= 15 is 0 Å². The normalized spacial score (nSPS) is 19.9. The fourth-order valence-corrected chi connectivity index (χ4v) is 6.22. The van der Waals surface area contributed by atoms with E-state index in [4.69, 9.17) is 21.1 Å². The van der Waals surface area contributed by atoms with Crippen molar-refractivity contribution in [2.45, 2.75) is 57.8 Å². The molecule has 0 unspecified atom stereocenters. The first kappa shape index (κ1) is 28.5. The number of anilines is 1. The summed E-state index contributed by atoms with van der Waals surface area (Å²) in [6.07, 6.45) is 2.12. The van der Waals surface area contributed by atoms with Crippen molar-refractivity contribution in [3.05, 3.63) is 87.9 Å². The number of hydrogen-bond acceptors (Lipinski definition) is 5. The third-order valence-corrected chi connectivity index (χ3v) is 8.63. The van der Waals surface area contributed by atoms with Gasteiger partial charge in [0.15, 0.2) is 11.5 Å². The van der Waals surface area contributed by atoms with Crippen LogP contribution in [0, 0.1) is 5.92 Å². The summed E-state index contributed by atoms with van der Waals surface area (Å²) < 4.78 is 11.7. The van der Waals surface area contributed by atoms with Crippen molar-refractivity contribution in [3.8, 4) is 11.5 Å². The summed E-state index contributed by atoms with van der Waals surface area (Å²) in [5, 5.41) is 12.2. The van der Waals surface area contributed by atoms with Crippen molar-refractivity contribution in [2.24, 2.45) is 5.92 Å². The fraction of sp³-hybridized carbons (Fsp3) is 0.424. The second kappa shape index (κ2) is 11.4. The van der Waals surface area contributed by atoms with Gasteiger partial charge in [-0.25, -0.2) is 0 Å². The van der Waals surface area contributed by atoms with Crippen LogP contribution in [0.4, 0.5) is 5.69 Å². The number of rotatable bonds is 7. The van der Waals surface area contributed by atoms with Gasteiger partial charge in [-0.15, -0.1) is 0 Å². The maximum Gasteiger partial charge on any atom is 0.232 e. The average molecular weight is 563 g/mol. The maximum absolute atomic E-state index is 13.8. The lowest BCUT2D eigenvalue weighted by atomic mass is 9.77. The number of benzene rings is 3. The molecule has 1 N–H and O–H groups in total. The van der Waals surface area contributed by atoms with Crippen LogP contribution in [-0.2, 0) is 16.8 Å². The van der Waals surface area contributed by atoms with Crippen LogP contribution in [-0.4, -0.2) is 49.3 Å². The van der Waals surface area contributed by atoms with Crippen LogP contribution < -0.4 is 14.4 Å². The van der Waals surface area contributed by atoms with Crippen molar-refractivity contribution < 1.29 is 19.4 Å². The fourth-order valence-electron chi connectivity index (χ4n) is 6.09. The minimum atomic E-state index is -0.937. The quantitative estimate of drug-likeness (QED) is 0.363. The van der Waals surface area contributed by atoms with Crippen molar-refractivity contribution in [1.82, 2.24) is 4.90 Å². The Balaban J connectivity index is 1.56. The smallest absolute Gasteiger partial charge is 0.232 e. The molecule has 2 atom stereocenters. The lowest BCUT2D eigenvalue weighted by Crippen LogP contribution is -2.41. The summed E-state index contributed by atoms with van der Waals surface area (Å²) in [5.41, 5.74) is 3.56. The highest BCUT2D eigenvalue weighted by Gasteiger charge is 2.38. The van der Waals surface area contributed by atoms with E-state index in [1.165, 1.54) is 0 Å². The molecule has 1 amide bonds. The highest BCUT2D eigenvalue weighted by Crippen LogP contribution is 2.44. The Morgan fingerprint density at radius 1 is 1.00 bits per heavy atom. The number of piperidine rings is 1. The predicted octanol–water partition coefficient (Wildman–Crippen LogP) is 6.36. The second-order valence-electron chi connectivity index (χ2n) is 11.5. The minimum Gasteiger partial charge on any atom is -0.493 e. The van der Waals surface area contributed by atoms with Gasteiger partial charge in [-0.1, -0.05) is 35.9 Å². The van der Waals surface area contributed by atoms with Crippen molar-refractivity contribution in [3.63, 3.8) is 0 Å². The molecule has 3 aromatic rings. The average Bonchev–Trinajstić information content (AvgIpc) is 2.93. The van der Waals surface area contributed by atoms with Crippen LogP contribution in [0.5, 0.6) is 11.5 Å². The van der Waals surface area contributed by atoms with Crippen LogP contribution in [0.15, 0.2) is 60.7 Å². The van der Waals surface area contributed by atoms with Crippen molar-refractivity contribution in [1.29, 1.82) is 0 Å². The molecule has 2 aliphatic heterocycles. The first-order chi connectivity index (χ1) is 19.1. The zero-order valence-electron chi connectivity index (χ0n) is 24.0. The Kier molecular flexibility index (Phi) is 8.14. The van der Waals surface area contributed by atoms with Crippen LogP contribution in [0.3, 0.4) is 0 Å². The van der Waals surface area contributed by atoms with Crippen molar-refractivity contribution >= 4 is 23.2 Å². The Hall–Kier alpha value is -3.06. The highest BCUT2D eigenvalue weighted by molar-refractivity contribution is 6.30. The SMILES string of the molecule is COc1cc2c(cc1OC(C)C)[C@H](c1ccc(Cl)cc1)N(c1ccc([C@](C)(O)C3CCN(C)CC3)cc1)C(=O)C2. The molecule has 0 radical (unpaired) electrons. The van der Waals surface area contributed by atoms with E-state index in [0.29, 0.717) is 16.5 Å². The third kappa shape index (κ3) is 5.58. The number of halogens is 1. The standard InChI is InChI=1S/C33H39ClN2O4/c1-21(2)40-30-20-28-23(18-29(30)39-5)19-31(37)36(32(28)22-6-10-26(34)11-7-22)27-12-8-24(9-13-27)33(3,38)25-14-16-35(4)17-15-25/h6-13,18,20-21,25,32,38H,14-17,19H2,1-5H3/t32-,33-/m0/s1. The van der Waals surface area contributed by atoms with Crippen LogP contribution >= 0.6 is 11.6 Å². The Bertz CT molecular complexity index is 1350. The van der Waals surface area contributed by atoms with Gasteiger partial charge in [0.05, 0.1) is 31.3 Å². The maximum atomic E-state index is 13.8. The minimum absolute atomic E-state index is 0.0122. The number of carbonyl (C=O) groups excluding carboxylic acids is 1. The van der Waals surface area contributed by atoms with E-state index in [0.717, 1.165) is 53.9 Å². The monoisotopic (exact) mass is 562 g/mol. The van der Waals surface area contributed by atoms with Crippen molar-refractivity contribution in [2.75, 3.05) is 32.1 Å². The number of amides is 1. The number of methoxy groups -OCH3 is 1. The largest absolute Gasteiger partial charge is 0.493 e. The number of carbonyl (C=O) groups is 1. The Morgan fingerprint density at radius 3 is 2.25 bits per heavy atom. The molecule has 0 saturated carbocycles. The van der Waals surface area contributed by atoms with Gasteiger partial charge in [0.25, 0.3) is 0 Å². The van der Waals surface area contributed by atoms with E-state index in [2.05, 4.69) is 11.9 Å². The molecule has 2 heterocycles. The van der Waals surface area contributed by atoms with Gasteiger partial charge in [0.1, 0.15) is 0 Å². The first-order valence-electron chi connectivity index (χ1n) is 14.0. The number of fused-ring (bicyclic) bond motifs is 1. The van der Waals surface area contributed by atoms with Gasteiger partial charge in [-0.3, -0.25) is 4.79 Å². The summed E-state index contributed by atoms with van der Waals surface area (Å²) in [5.74, 6) is 1.44. The molecule has 212 valence electrons. The molecule has 0 bridgehead atoms. The lowest BCUT2D eigenvalue weighted by Gasteiger charge is -2.40. The van der Waals surface area contributed by atoms with Gasteiger partial charge < -0.3 is 24.4 Å². The molecule has 1 fully saturated rings. The van der Waals surface area contributed by atoms with E-state index in [1.807, 2.05) is 86.3 Å². The molecule has 7 heteroatoms. The van der Waals surface area contributed by atoms with E-state index in [-0.39, 0.29) is 30.4 Å². The zero-order chi connectivity index (χ0) is 28.6. The van der Waals surface area contributed by atoms with Gasteiger partial charge in [0.2, 0.25) is 5.91 Å². The summed E-state index contributed by atoms with van der Waals surface area (Å²) in [4.78, 5) is 18.0. The second-order valence-corrected chi connectivity index (χ2v) is 12.0. The number of likely N-dealkylation sites (tertiary alicyclic amines) is 1. The molecule has 2 aliphatic rings. The highest BCUT2D eigenvalue weighted by atomic mass is 35.5. The molecule has 0 aromatic heterocycles. The first-order valence-corrected chi connectivity index (χ1v) is 14.4.